The fourth-order valence-electron chi connectivity index (χ4n) is 3.70. The van der Waals surface area contributed by atoms with Crippen molar-refractivity contribution in [3.63, 3.8) is 0 Å². The van der Waals surface area contributed by atoms with Gasteiger partial charge in [-0.05, 0) is 25.5 Å². The van der Waals surface area contributed by atoms with E-state index in [0.29, 0.717) is 0 Å². The number of rotatable bonds is 5. The fraction of sp³-hybridized carbons (Fsp3) is 0.526. The smallest absolute Gasteiger partial charge is 0.410 e. The topological polar surface area (TPSA) is 91.0 Å². The molecule has 2 N–H and O–H groups in total. The Morgan fingerprint density at radius 1 is 1.32 bits per heavy atom. The molecule has 2 saturated heterocycles. The van der Waals surface area contributed by atoms with Gasteiger partial charge in [-0.15, -0.1) is 0 Å². The predicted octanol–water partition coefficient (Wildman–Crippen LogP) is 2.31. The second kappa shape index (κ2) is 8.45. The van der Waals surface area contributed by atoms with Crippen molar-refractivity contribution in [2.24, 2.45) is 0 Å². The van der Waals surface area contributed by atoms with Crippen molar-refractivity contribution < 1.29 is 32.3 Å². The Labute approximate surface area is 181 Å². The molecule has 12 heteroatoms. The zero-order valence-corrected chi connectivity index (χ0v) is 17.6. The lowest BCUT2D eigenvalue weighted by Gasteiger charge is -2.43. The molecule has 8 nitrogen and oxygen atoms in total. The molecular formula is C19H22ClF3N4O4. The van der Waals surface area contributed by atoms with Gasteiger partial charge in [-0.1, -0.05) is 11.6 Å². The zero-order valence-electron chi connectivity index (χ0n) is 16.9. The molecule has 1 aromatic carbocycles. The molecule has 170 valence electrons. The summed E-state index contributed by atoms with van der Waals surface area (Å²) >= 11 is 5.97. The quantitative estimate of drug-likeness (QED) is 0.655. The summed E-state index contributed by atoms with van der Waals surface area (Å²) in [5.41, 5.74) is -0.980. The van der Waals surface area contributed by atoms with Crippen molar-refractivity contribution in [3.05, 3.63) is 23.2 Å². The van der Waals surface area contributed by atoms with Crippen LogP contribution in [0.1, 0.15) is 19.8 Å². The minimum atomic E-state index is -4.59. The summed E-state index contributed by atoms with van der Waals surface area (Å²) in [6, 6.07) is 1.79. The van der Waals surface area contributed by atoms with Crippen molar-refractivity contribution >= 4 is 35.1 Å². The molecule has 4 amide bonds. The molecule has 0 bridgehead atoms. The SMILES string of the molecule is COc1cc(N2CCN(C(=O)CC[C@@]3(C)NC(=O)NC3=O)CC2C(F)(F)F)ccc1Cl. The van der Waals surface area contributed by atoms with Gasteiger partial charge in [-0.25, -0.2) is 4.79 Å². The van der Waals surface area contributed by atoms with Crippen LogP contribution in [-0.4, -0.2) is 67.2 Å². The number of nitrogens with one attached hydrogen (secondary N) is 2. The summed E-state index contributed by atoms with van der Waals surface area (Å²) in [6.07, 6.45) is -4.78. The van der Waals surface area contributed by atoms with Crippen LogP contribution >= 0.6 is 11.6 Å². The van der Waals surface area contributed by atoms with Gasteiger partial charge < -0.3 is 19.9 Å². The zero-order chi connectivity index (χ0) is 23.0. The Kier molecular flexibility index (Phi) is 6.26. The summed E-state index contributed by atoms with van der Waals surface area (Å²) in [6.45, 7) is 0.939. The number of urea groups is 1. The minimum absolute atomic E-state index is 0.0192. The number of ether oxygens (including phenoxy) is 1. The lowest BCUT2D eigenvalue weighted by Crippen LogP contribution is -2.60. The molecule has 2 fully saturated rings. The highest BCUT2D eigenvalue weighted by molar-refractivity contribution is 6.32. The lowest BCUT2D eigenvalue weighted by molar-refractivity contribution is -0.161. The summed E-state index contributed by atoms with van der Waals surface area (Å²) in [5, 5.41) is 4.80. The second-order valence-corrected chi connectivity index (χ2v) is 8.06. The first-order chi connectivity index (χ1) is 14.4. The fourth-order valence-corrected chi connectivity index (χ4v) is 3.89. The van der Waals surface area contributed by atoms with Crippen molar-refractivity contribution in [2.75, 3.05) is 31.6 Å². The van der Waals surface area contributed by atoms with E-state index < -0.39 is 42.1 Å². The highest BCUT2D eigenvalue weighted by Gasteiger charge is 2.48. The van der Waals surface area contributed by atoms with Gasteiger partial charge in [-0.3, -0.25) is 14.9 Å². The number of alkyl halides is 3. The summed E-state index contributed by atoms with van der Waals surface area (Å²) in [5.74, 6) is -0.832. The van der Waals surface area contributed by atoms with E-state index in [0.717, 1.165) is 4.90 Å². The van der Waals surface area contributed by atoms with E-state index in [1.54, 1.807) is 0 Å². The molecule has 2 aliphatic rings. The van der Waals surface area contributed by atoms with E-state index in [-0.39, 0.29) is 42.4 Å². The third-order valence-corrected chi connectivity index (χ3v) is 5.85. The van der Waals surface area contributed by atoms with Gasteiger partial charge in [0.15, 0.2) is 0 Å². The van der Waals surface area contributed by atoms with Crippen LogP contribution in [0.2, 0.25) is 5.02 Å². The van der Waals surface area contributed by atoms with Crippen LogP contribution in [0.3, 0.4) is 0 Å². The maximum absolute atomic E-state index is 13.8. The molecule has 2 heterocycles. The average Bonchev–Trinajstić information content (AvgIpc) is 2.97. The van der Waals surface area contributed by atoms with Gasteiger partial charge in [0.05, 0.1) is 12.1 Å². The number of halogens is 4. The van der Waals surface area contributed by atoms with Gasteiger partial charge in [0, 0.05) is 37.8 Å². The van der Waals surface area contributed by atoms with Crippen molar-refractivity contribution in [1.82, 2.24) is 15.5 Å². The third-order valence-electron chi connectivity index (χ3n) is 5.53. The Morgan fingerprint density at radius 2 is 2.03 bits per heavy atom. The number of piperazine rings is 1. The molecule has 3 rings (SSSR count). The van der Waals surface area contributed by atoms with Crippen molar-refractivity contribution in [1.29, 1.82) is 0 Å². The van der Waals surface area contributed by atoms with Crippen molar-refractivity contribution in [3.8, 4) is 5.75 Å². The second-order valence-electron chi connectivity index (χ2n) is 7.65. The summed E-state index contributed by atoms with van der Waals surface area (Å²) < 4.78 is 46.6. The number of imide groups is 1. The number of carbonyl (C=O) groups excluding carboxylic acids is 3. The number of methoxy groups -OCH3 is 1. The monoisotopic (exact) mass is 462 g/mol. The molecule has 2 aliphatic heterocycles. The van der Waals surface area contributed by atoms with Crippen LogP contribution in [0, 0.1) is 0 Å². The maximum Gasteiger partial charge on any atom is 0.410 e. The van der Waals surface area contributed by atoms with E-state index in [9.17, 15) is 27.6 Å². The average molecular weight is 463 g/mol. The first-order valence-electron chi connectivity index (χ1n) is 9.53. The number of hydrogen-bond donors (Lipinski definition) is 2. The van der Waals surface area contributed by atoms with Gasteiger partial charge in [0.1, 0.15) is 17.3 Å². The molecule has 0 radical (unpaired) electrons. The summed E-state index contributed by atoms with van der Waals surface area (Å²) in [7, 11) is 1.37. The van der Waals surface area contributed by atoms with E-state index >= 15 is 0 Å². The van der Waals surface area contributed by atoms with Crippen LogP contribution in [0.5, 0.6) is 5.75 Å². The molecule has 2 atom stereocenters. The Morgan fingerprint density at radius 3 is 2.61 bits per heavy atom. The van der Waals surface area contributed by atoms with E-state index in [4.69, 9.17) is 16.3 Å². The number of nitrogens with zero attached hydrogens (tertiary/aromatic N) is 2. The Hall–Kier alpha value is -2.69. The van der Waals surface area contributed by atoms with E-state index in [1.807, 2.05) is 0 Å². The Balaban J connectivity index is 1.71. The highest BCUT2D eigenvalue weighted by atomic mass is 35.5. The van der Waals surface area contributed by atoms with Crippen LogP contribution in [-0.2, 0) is 9.59 Å². The molecule has 0 spiro atoms. The first kappa shape index (κ1) is 23.0. The highest BCUT2D eigenvalue weighted by Crippen LogP contribution is 2.35. The lowest BCUT2D eigenvalue weighted by atomic mass is 9.95. The van der Waals surface area contributed by atoms with Crippen LogP contribution in [0.15, 0.2) is 18.2 Å². The largest absolute Gasteiger partial charge is 0.495 e. The standard InChI is InChI=1S/C19H22ClF3N4O4/c1-18(16(29)24-17(30)25-18)6-5-15(28)26-7-8-27(14(10-26)19(21,22)23)11-3-4-12(20)13(9-11)31-2/h3-4,9,14H,5-8,10H2,1-2H3,(H2,24,25,29,30)/t14?,18-/m1/s1. The number of hydrogen-bond acceptors (Lipinski definition) is 5. The number of anilines is 1. The number of benzene rings is 1. The van der Waals surface area contributed by atoms with Gasteiger partial charge in [0.2, 0.25) is 5.91 Å². The molecule has 1 unspecified atom stereocenters. The maximum atomic E-state index is 13.8. The van der Waals surface area contributed by atoms with Gasteiger partial charge in [-0.2, -0.15) is 13.2 Å². The van der Waals surface area contributed by atoms with Crippen LogP contribution in [0.4, 0.5) is 23.7 Å². The summed E-state index contributed by atoms with van der Waals surface area (Å²) in [4.78, 5) is 38.1. The van der Waals surface area contributed by atoms with Gasteiger partial charge >= 0.3 is 12.2 Å². The number of amides is 4. The third kappa shape index (κ3) is 4.81. The van der Waals surface area contributed by atoms with Crippen molar-refractivity contribution in [2.45, 2.75) is 37.5 Å². The van der Waals surface area contributed by atoms with E-state index in [1.165, 1.54) is 37.1 Å². The molecule has 1 aromatic rings. The Bertz CT molecular complexity index is 897. The predicted molar refractivity (Wildman–Crippen MR) is 106 cm³/mol. The first-order valence-corrected chi connectivity index (χ1v) is 9.90. The molecular weight excluding hydrogens is 441 g/mol. The van der Waals surface area contributed by atoms with Gasteiger partial charge in [0.25, 0.3) is 5.91 Å². The van der Waals surface area contributed by atoms with Crippen LogP contribution < -0.4 is 20.3 Å². The number of carbonyl (C=O) groups is 3. The van der Waals surface area contributed by atoms with E-state index in [2.05, 4.69) is 10.6 Å². The van der Waals surface area contributed by atoms with Crippen LogP contribution in [0.25, 0.3) is 0 Å². The normalized spacial score (nSPS) is 24.1. The molecule has 31 heavy (non-hydrogen) atoms. The molecule has 0 aromatic heterocycles. The molecule has 0 aliphatic carbocycles. The molecule has 0 saturated carbocycles. The minimum Gasteiger partial charge on any atom is -0.495 e.